The fraction of sp³-hybridized carbons (Fsp3) is 0.263. The Bertz CT molecular complexity index is 893. The number of benzene rings is 1. The number of amides is 2. The normalized spacial score (nSPS) is 16.5. The van der Waals surface area contributed by atoms with Gasteiger partial charge in [0.05, 0.1) is 4.91 Å². The van der Waals surface area contributed by atoms with Crippen LogP contribution in [-0.4, -0.2) is 27.7 Å². The summed E-state index contributed by atoms with van der Waals surface area (Å²) in [6.07, 6.45) is 1.82. The molecule has 0 saturated carbocycles. The third kappa shape index (κ3) is 2.69. The lowest BCUT2D eigenvalue weighted by Crippen LogP contribution is -2.22. The largest absolute Gasteiger partial charge is 0.318 e. The highest BCUT2D eigenvalue weighted by Crippen LogP contribution is 2.33. The van der Waals surface area contributed by atoms with E-state index in [-0.39, 0.29) is 11.1 Å². The van der Waals surface area contributed by atoms with Crippen LogP contribution in [0.2, 0.25) is 0 Å². The number of aryl methyl sites for hydroxylation is 3. The molecule has 0 spiro atoms. The van der Waals surface area contributed by atoms with Crippen molar-refractivity contribution in [1.82, 2.24) is 9.47 Å². The summed E-state index contributed by atoms with van der Waals surface area (Å²) in [7, 11) is 1.51. The summed E-state index contributed by atoms with van der Waals surface area (Å²) in [4.78, 5) is 25.4. The second-order valence-electron chi connectivity index (χ2n) is 6.19. The fourth-order valence-corrected chi connectivity index (χ4v) is 3.87. The summed E-state index contributed by atoms with van der Waals surface area (Å²) >= 11 is 0.991. The van der Waals surface area contributed by atoms with Crippen molar-refractivity contribution in [1.29, 1.82) is 0 Å². The average molecular weight is 340 g/mol. The van der Waals surface area contributed by atoms with E-state index in [0.29, 0.717) is 4.91 Å². The number of aromatic nitrogens is 1. The van der Waals surface area contributed by atoms with E-state index < -0.39 is 0 Å². The monoisotopic (exact) mass is 340 g/mol. The summed E-state index contributed by atoms with van der Waals surface area (Å²) in [5.41, 5.74) is 6.70. The van der Waals surface area contributed by atoms with Crippen LogP contribution in [0.1, 0.15) is 28.1 Å². The standard InChI is InChI=1S/C19H20N2O2S/c1-11-6-7-16(12(2)8-11)21-13(3)9-15(14(21)4)10-17-18(22)20(5)19(23)24-17/h6-10H,1-5H3/b17-10-. The first kappa shape index (κ1) is 16.6. The van der Waals surface area contributed by atoms with Gasteiger partial charge in [-0.25, -0.2) is 0 Å². The topological polar surface area (TPSA) is 42.3 Å². The highest BCUT2D eigenvalue weighted by Gasteiger charge is 2.32. The minimum Gasteiger partial charge on any atom is -0.318 e. The maximum Gasteiger partial charge on any atom is 0.293 e. The van der Waals surface area contributed by atoms with Crippen molar-refractivity contribution in [3.8, 4) is 5.69 Å². The van der Waals surface area contributed by atoms with E-state index >= 15 is 0 Å². The van der Waals surface area contributed by atoms with Crippen LogP contribution in [0.3, 0.4) is 0 Å². The van der Waals surface area contributed by atoms with Crippen LogP contribution < -0.4 is 0 Å². The zero-order valence-corrected chi connectivity index (χ0v) is 15.3. The molecule has 0 N–H and O–H groups in total. The number of rotatable bonds is 2. The lowest BCUT2D eigenvalue weighted by molar-refractivity contribution is -0.121. The van der Waals surface area contributed by atoms with Gasteiger partial charge in [-0.3, -0.25) is 14.5 Å². The Morgan fingerprint density at radius 3 is 2.33 bits per heavy atom. The van der Waals surface area contributed by atoms with E-state index in [2.05, 4.69) is 49.6 Å². The van der Waals surface area contributed by atoms with Crippen LogP contribution >= 0.6 is 11.8 Å². The molecule has 24 heavy (non-hydrogen) atoms. The SMILES string of the molecule is Cc1ccc(-n2c(C)cc(/C=C3\SC(=O)N(C)C3=O)c2C)c(C)c1. The molecule has 3 rings (SSSR count). The molecule has 1 aromatic carbocycles. The molecule has 1 saturated heterocycles. The summed E-state index contributed by atoms with van der Waals surface area (Å²) < 4.78 is 2.19. The molecule has 2 heterocycles. The van der Waals surface area contributed by atoms with Gasteiger partial charge >= 0.3 is 0 Å². The molecule has 2 amide bonds. The highest BCUT2D eigenvalue weighted by atomic mass is 32.2. The molecule has 1 aliphatic rings. The van der Waals surface area contributed by atoms with E-state index in [9.17, 15) is 9.59 Å². The quantitative estimate of drug-likeness (QED) is 0.762. The van der Waals surface area contributed by atoms with Crippen LogP contribution in [-0.2, 0) is 4.79 Å². The molecule has 0 bridgehead atoms. The Kier molecular flexibility index (Phi) is 4.13. The van der Waals surface area contributed by atoms with Crippen molar-refractivity contribution in [2.24, 2.45) is 0 Å². The Labute approximate surface area is 146 Å². The van der Waals surface area contributed by atoms with Crippen LogP contribution in [0, 0.1) is 27.7 Å². The van der Waals surface area contributed by atoms with Crippen molar-refractivity contribution < 1.29 is 9.59 Å². The van der Waals surface area contributed by atoms with E-state index in [1.807, 2.05) is 13.0 Å². The summed E-state index contributed by atoms with van der Waals surface area (Å²) in [6.45, 7) is 8.27. The van der Waals surface area contributed by atoms with E-state index in [0.717, 1.165) is 39.3 Å². The predicted molar refractivity (Wildman–Crippen MR) is 98.5 cm³/mol. The molecule has 124 valence electrons. The van der Waals surface area contributed by atoms with Crippen molar-refractivity contribution in [3.05, 3.63) is 57.2 Å². The predicted octanol–water partition coefficient (Wildman–Crippen LogP) is 4.38. The smallest absolute Gasteiger partial charge is 0.293 e. The number of imide groups is 1. The molecular weight excluding hydrogens is 320 g/mol. The second-order valence-corrected chi connectivity index (χ2v) is 7.19. The molecule has 0 atom stereocenters. The van der Waals surface area contributed by atoms with Crippen molar-refractivity contribution in [2.75, 3.05) is 7.05 Å². The zero-order chi connectivity index (χ0) is 17.6. The minimum atomic E-state index is -0.235. The summed E-state index contributed by atoms with van der Waals surface area (Å²) in [5.74, 6) is -0.235. The minimum absolute atomic E-state index is 0.227. The second kappa shape index (κ2) is 5.98. The van der Waals surface area contributed by atoms with E-state index in [1.165, 1.54) is 18.2 Å². The number of nitrogens with zero attached hydrogens (tertiary/aromatic N) is 2. The summed E-state index contributed by atoms with van der Waals surface area (Å²) in [6, 6.07) is 8.44. The molecule has 1 aliphatic heterocycles. The van der Waals surface area contributed by atoms with Gasteiger partial charge in [-0.05, 0) is 68.8 Å². The zero-order valence-electron chi connectivity index (χ0n) is 14.5. The van der Waals surface area contributed by atoms with Crippen LogP contribution in [0.4, 0.5) is 4.79 Å². The van der Waals surface area contributed by atoms with Gasteiger partial charge in [-0.2, -0.15) is 0 Å². The van der Waals surface area contributed by atoms with Crippen molar-refractivity contribution >= 4 is 29.0 Å². The molecule has 5 heteroatoms. The molecular formula is C19H20N2O2S. The first-order valence-electron chi connectivity index (χ1n) is 7.77. The van der Waals surface area contributed by atoms with E-state index in [1.54, 1.807) is 0 Å². The van der Waals surface area contributed by atoms with Gasteiger partial charge in [0.2, 0.25) is 0 Å². The Morgan fingerprint density at radius 2 is 1.75 bits per heavy atom. The fourth-order valence-electron chi connectivity index (χ4n) is 3.05. The average Bonchev–Trinajstić information content (AvgIpc) is 2.92. The van der Waals surface area contributed by atoms with Crippen LogP contribution in [0.15, 0.2) is 29.2 Å². The molecule has 0 aliphatic carbocycles. The lowest BCUT2D eigenvalue weighted by Gasteiger charge is -2.13. The van der Waals surface area contributed by atoms with Gasteiger partial charge in [0, 0.05) is 24.1 Å². The molecule has 0 radical (unpaired) electrons. The van der Waals surface area contributed by atoms with Gasteiger partial charge < -0.3 is 4.57 Å². The first-order valence-corrected chi connectivity index (χ1v) is 8.59. The van der Waals surface area contributed by atoms with Gasteiger partial charge in [0.25, 0.3) is 11.1 Å². The number of likely N-dealkylation sites (N-methyl/N-ethyl adjacent to an activating group) is 1. The van der Waals surface area contributed by atoms with Gasteiger partial charge in [-0.1, -0.05) is 17.7 Å². The Balaban J connectivity index is 2.08. The number of thioether (sulfide) groups is 1. The Morgan fingerprint density at radius 1 is 1.04 bits per heavy atom. The first-order chi connectivity index (χ1) is 11.3. The molecule has 1 aromatic heterocycles. The van der Waals surface area contributed by atoms with Crippen molar-refractivity contribution in [3.63, 3.8) is 0 Å². The number of hydrogen-bond donors (Lipinski definition) is 0. The van der Waals surface area contributed by atoms with Gasteiger partial charge in [0.15, 0.2) is 0 Å². The lowest BCUT2D eigenvalue weighted by atomic mass is 10.1. The Hall–Kier alpha value is -2.27. The molecule has 0 unspecified atom stereocenters. The number of carbonyl (C=O) groups is 2. The van der Waals surface area contributed by atoms with Crippen molar-refractivity contribution in [2.45, 2.75) is 27.7 Å². The highest BCUT2D eigenvalue weighted by molar-refractivity contribution is 8.18. The number of carbonyl (C=O) groups excluding carboxylic acids is 2. The molecule has 4 nitrogen and oxygen atoms in total. The van der Waals surface area contributed by atoms with Gasteiger partial charge in [-0.15, -0.1) is 0 Å². The maximum absolute atomic E-state index is 12.1. The summed E-state index contributed by atoms with van der Waals surface area (Å²) in [5, 5.41) is -0.227. The van der Waals surface area contributed by atoms with Crippen LogP contribution in [0.5, 0.6) is 0 Å². The molecule has 2 aromatic rings. The maximum atomic E-state index is 12.1. The van der Waals surface area contributed by atoms with Gasteiger partial charge in [0.1, 0.15) is 0 Å². The van der Waals surface area contributed by atoms with Crippen LogP contribution in [0.25, 0.3) is 11.8 Å². The number of hydrogen-bond acceptors (Lipinski definition) is 3. The third-order valence-electron chi connectivity index (χ3n) is 4.34. The third-order valence-corrected chi connectivity index (χ3v) is 5.30. The molecule has 1 fully saturated rings. The van der Waals surface area contributed by atoms with E-state index in [4.69, 9.17) is 0 Å².